The van der Waals surface area contributed by atoms with Crippen LogP contribution in [0.3, 0.4) is 0 Å². The second-order valence-corrected chi connectivity index (χ2v) is 5.88. The number of hydrogen-bond donors (Lipinski definition) is 1. The summed E-state index contributed by atoms with van der Waals surface area (Å²) in [4.78, 5) is 24.6. The molecule has 1 saturated heterocycles. The van der Waals surface area contributed by atoms with Crippen molar-refractivity contribution < 1.29 is 19.4 Å². The van der Waals surface area contributed by atoms with Gasteiger partial charge in [0.25, 0.3) is 0 Å². The maximum Gasteiger partial charge on any atom is 0.335 e. The summed E-state index contributed by atoms with van der Waals surface area (Å²) >= 11 is 0. The molecule has 0 aliphatic carbocycles. The summed E-state index contributed by atoms with van der Waals surface area (Å²) in [6.07, 6.45) is 1.30. The monoisotopic (exact) mass is 277 g/mol. The fraction of sp³-hybridized carbons (Fsp3) is 0.467. The van der Waals surface area contributed by atoms with Crippen LogP contribution in [-0.2, 0) is 4.79 Å². The Bertz CT molecular complexity index is 545. The summed E-state index contributed by atoms with van der Waals surface area (Å²) in [5, 5.41) is 9.18. The number of hydrogen-bond acceptors (Lipinski definition) is 3. The molecule has 0 radical (unpaired) electrons. The third-order valence-corrected chi connectivity index (χ3v) is 2.95. The minimum absolute atomic E-state index is 0.0225. The average Bonchev–Trinajstić information content (AvgIpc) is 2.72. The van der Waals surface area contributed by atoms with Crippen LogP contribution in [0, 0.1) is 0 Å². The highest BCUT2D eigenvalue weighted by molar-refractivity contribution is 5.97. The Morgan fingerprint density at radius 1 is 1.30 bits per heavy atom. The molecule has 20 heavy (non-hydrogen) atoms. The molecule has 1 heterocycles. The lowest BCUT2D eigenvalue weighted by molar-refractivity contribution is -0.117. The molecule has 1 amide bonds. The zero-order chi connectivity index (χ0) is 14.9. The van der Waals surface area contributed by atoms with Gasteiger partial charge >= 0.3 is 5.97 Å². The molecule has 2 rings (SSSR count). The average molecular weight is 277 g/mol. The van der Waals surface area contributed by atoms with Crippen molar-refractivity contribution in [1.29, 1.82) is 0 Å². The summed E-state index contributed by atoms with van der Waals surface area (Å²) < 4.78 is 5.73. The van der Waals surface area contributed by atoms with Gasteiger partial charge in [0.2, 0.25) is 5.91 Å². The van der Waals surface area contributed by atoms with E-state index < -0.39 is 11.6 Å². The van der Waals surface area contributed by atoms with E-state index in [1.807, 2.05) is 20.8 Å². The molecule has 5 heteroatoms. The van der Waals surface area contributed by atoms with Crippen molar-refractivity contribution in [3.8, 4) is 5.75 Å². The highest BCUT2D eigenvalue weighted by atomic mass is 16.5. The first kappa shape index (κ1) is 14.4. The molecule has 0 aromatic heterocycles. The maximum atomic E-state index is 11.8. The van der Waals surface area contributed by atoms with Gasteiger partial charge in [-0.1, -0.05) is 0 Å². The van der Waals surface area contributed by atoms with Gasteiger partial charge in [0.05, 0.1) is 5.56 Å². The van der Waals surface area contributed by atoms with E-state index in [-0.39, 0.29) is 11.5 Å². The molecule has 1 fully saturated rings. The third-order valence-electron chi connectivity index (χ3n) is 2.95. The van der Waals surface area contributed by atoms with Crippen LogP contribution in [0.2, 0.25) is 0 Å². The van der Waals surface area contributed by atoms with Crippen molar-refractivity contribution >= 4 is 17.6 Å². The molecule has 0 saturated carbocycles. The summed E-state index contributed by atoms with van der Waals surface area (Å²) in [5.74, 6) is -0.543. The van der Waals surface area contributed by atoms with E-state index in [0.717, 1.165) is 6.42 Å². The van der Waals surface area contributed by atoms with Gasteiger partial charge in [-0.15, -0.1) is 0 Å². The zero-order valence-electron chi connectivity index (χ0n) is 12.0. The molecule has 0 bridgehead atoms. The lowest BCUT2D eigenvalue weighted by Gasteiger charge is -2.23. The third kappa shape index (κ3) is 3.29. The van der Waals surface area contributed by atoms with Crippen molar-refractivity contribution in [3.05, 3.63) is 23.8 Å². The first-order valence-electron chi connectivity index (χ1n) is 6.64. The van der Waals surface area contributed by atoms with Gasteiger partial charge in [-0.2, -0.15) is 0 Å². The Hall–Kier alpha value is -2.04. The van der Waals surface area contributed by atoms with Crippen LogP contribution >= 0.6 is 0 Å². The standard InChI is InChI=1S/C15H19NO4/c1-15(2,3)20-12-8-10(14(18)19)7-11(9-12)16-6-4-5-13(16)17/h7-9H,4-6H2,1-3H3,(H,18,19). The number of nitrogens with zero attached hydrogens (tertiary/aromatic N) is 1. The minimum atomic E-state index is -1.03. The lowest BCUT2D eigenvalue weighted by Crippen LogP contribution is -2.25. The fourth-order valence-corrected chi connectivity index (χ4v) is 2.20. The first-order chi connectivity index (χ1) is 9.26. The molecule has 1 aromatic rings. The van der Waals surface area contributed by atoms with Crippen LogP contribution in [0.1, 0.15) is 44.0 Å². The van der Waals surface area contributed by atoms with E-state index in [9.17, 15) is 14.7 Å². The van der Waals surface area contributed by atoms with E-state index >= 15 is 0 Å². The van der Waals surface area contributed by atoms with E-state index in [0.29, 0.717) is 24.4 Å². The van der Waals surface area contributed by atoms with Gasteiger partial charge in [-0.25, -0.2) is 4.79 Å². The predicted octanol–water partition coefficient (Wildman–Crippen LogP) is 2.69. The molecule has 0 unspecified atom stereocenters. The van der Waals surface area contributed by atoms with E-state index in [2.05, 4.69) is 0 Å². The number of aromatic carboxylic acids is 1. The van der Waals surface area contributed by atoms with Gasteiger partial charge in [0, 0.05) is 24.7 Å². The summed E-state index contributed by atoms with van der Waals surface area (Å²) in [6.45, 7) is 6.29. The predicted molar refractivity (Wildman–Crippen MR) is 75.4 cm³/mol. The number of carboxylic acid groups (broad SMARTS) is 1. The van der Waals surface area contributed by atoms with Crippen molar-refractivity contribution in [1.82, 2.24) is 0 Å². The maximum absolute atomic E-state index is 11.8. The molecule has 108 valence electrons. The summed E-state index contributed by atoms with van der Waals surface area (Å²) in [6, 6.07) is 4.72. The van der Waals surface area contributed by atoms with E-state index in [4.69, 9.17) is 4.74 Å². The molecular weight excluding hydrogens is 258 g/mol. The number of ether oxygens (including phenoxy) is 1. The molecule has 1 aromatic carbocycles. The van der Waals surface area contributed by atoms with E-state index in [1.165, 1.54) is 12.1 Å². The first-order valence-corrected chi connectivity index (χ1v) is 6.64. The molecule has 1 N–H and O–H groups in total. The summed E-state index contributed by atoms with van der Waals surface area (Å²) in [7, 11) is 0. The van der Waals surface area contributed by atoms with Gasteiger partial charge in [-0.05, 0) is 39.3 Å². The summed E-state index contributed by atoms with van der Waals surface area (Å²) in [5.41, 5.74) is 0.289. The number of benzene rings is 1. The lowest BCUT2D eigenvalue weighted by atomic mass is 10.1. The van der Waals surface area contributed by atoms with Crippen LogP contribution in [0.4, 0.5) is 5.69 Å². The smallest absolute Gasteiger partial charge is 0.335 e. The van der Waals surface area contributed by atoms with Crippen LogP contribution in [0.5, 0.6) is 5.75 Å². The zero-order valence-corrected chi connectivity index (χ0v) is 12.0. The number of rotatable bonds is 3. The highest BCUT2D eigenvalue weighted by Gasteiger charge is 2.24. The number of carbonyl (C=O) groups is 2. The van der Waals surface area contributed by atoms with Gasteiger partial charge in [0.1, 0.15) is 11.4 Å². The number of carboxylic acids is 1. The van der Waals surface area contributed by atoms with Crippen LogP contribution < -0.4 is 9.64 Å². The second kappa shape index (κ2) is 5.15. The topological polar surface area (TPSA) is 66.8 Å². The minimum Gasteiger partial charge on any atom is -0.488 e. The Kier molecular flexibility index (Phi) is 3.70. The molecule has 1 aliphatic rings. The molecule has 1 aliphatic heterocycles. The molecule has 5 nitrogen and oxygen atoms in total. The second-order valence-electron chi connectivity index (χ2n) is 5.88. The Labute approximate surface area is 118 Å². The van der Waals surface area contributed by atoms with Crippen LogP contribution in [-0.4, -0.2) is 29.1 Å². The Balaban J connectivity index is 2.40. The van der Waals surface area contributed by atoms with Gasteiger partial charge in [0.15, 0.2) is 0 Å². The highest BCUT2D eigenvalue weighted by Crippen LogP contribution is 2.29. The Morgan fingerprint density at radius 3 is 2.50 bits per heavy atom. The SMILES string of the molecule is CC(C)(C)Oc1cc(C(=O)O)cc(N2CCCC2=O)c1. The number of amides is 1. The van der Waals surface area contributed by atoms with Crippen LogP contribution in [0.25, 0.3) is 0 Å². The number of carbonyl (C=O) groups excluding carboxylic acids is 1. The van der Waals surface area contributed by atoms with Crippen molar-refractivity contribution in [3.63, 3.8) is 0 Å². The molecule has 0 spiro atoms. The Morgan fingerprint density at radius 2 is 2.00 bits per heavy atom. The van der Waals surface area contributed by atoms with Crippen molar-refractivity contribution in [2.75, 3.05) is 11.4 Å². The largest absolute Gasteiger partial charge is 0.488 e. The van der Waals surface area contributed by atoms with Crippen LogP contribution in [0.15, 0.2) is 18.2 Å². The molecule has 0 atom stereocenters. The van der Waals surface area contributed by atoms with Gasteiger partial charge in [-0.3, -0.25) is 4.79 Å². The normalized spacial score (nSPS) is 15.6. The van der Waals surface area contributed by atoms with Gasteiger partial charge < -0.3 is 14.7 Å². The van der Waals surface area contributed by atoms with Crippen molar-refractivity contribution in [2.24, 2.45) is 0 Å². The molecular formula is C15H19NO4. The number of anilines is 1. The van der Waals surface area contributed by atoms with Crippen molar-refractivity contribution in [2.45, 2.75) is 39.2 Å². The fourth-order valence-electron chi connectivity index (χ4n) is 2.20. The van der Waals surface area contributed by atoms with E-state index in [1.54, 1.807) is 11.0 Å². The quantitative estimate of drug-likeness (QED) is 0.922.